The molecule has 2 saturated heterocycles. The Hall–Kier alpha value is -1.14. The SMILES string of the molecule is CCCCCCCCCC(N(/N=C/C1CCC2C(C1)C1CCCCC1N2CC)C1CCCCC1)N(/N=C/C1CCC2C(C1)C1CCCCC1N2CC)C1CCCCC1. The minimum atomic E-state index is 0.302. The second kappa shape index (κ2) is 21.8. The van der Waals surface area contributed by atoms with Gasteiger partial charge < -0.3 is 0 Å². The van der Waals surface area contributed by atoms with Crippen molar-refractivity contribution in [1.29, 1.82) is 0 Å². The van der Waals surface area contributed by atoms with Crippen LogP contribution in [0.3, 0.4) is 0 Å². The molecule has 0 bridgehead atoms. The van der Waals surface area contributed by atoms with E-state index in [-0.39, 0.29) is 0 Å². The van der Waals surface area contributed by atoms with E-state index in [4.69, 9.17) is 10.2 Å². The zero-order chi connectivity index (χ0) is 39.7. The molecule has 8 aliphatic rings. The number of nitrogens with zero attached hydrogens (tertiary/aromatic N) is 6. The summed E-state index contributed by atoms with van der Waals surface area (Å²) in [6.07, 6.45) is 49.8. The summed E-state index contributed by atoms with van der Waals surface area (Å²) >= 11 is 0. The van der Waals surface area contributed by atoms with Crippen LogP contribution < -0.4 is 0 Å². The lowest BCUT2D eigenvalue weighted by Gasteiger charge is -2.46. The van der Waals surface area contributed by atoms with Gasteiger partial charge in [0.2, 0.25) is 0 Å². The normalized spacial score (nSPS) is 37.2. The van der Waals surface area contributed by atoms with Crippen LogP contribution in [0.2, 0.25) is 0 Å². The second-order valence-corrected chi connectivity index (χ2v) is 21.6. The van der Waals surface area contributed by atoms with Crippen molar-refractivity contribution < 1.29 is 0 Å². The van der Waals surface area contributed by atoms with E-state index < -0.39 is 0 Å². The van der Waals surface area contributed by atoms with Gasteiger partial charge in [0.05, 0.1) is 0 Å². The molecule has 6 aliphatic carbocycles. The largest absolute Gasteiger partial charge is 0.297 e. The summed E-state index contributed by atoms with van der Waals surface area (Å²) < 4.78 is 0. The Morgan fingerprint density at radius 2 is 0.862 bits per heavy atom. The molecule has 6 nitrogen and oxygen atoms in total. The third-order valence-electron chi connectivity index (χ3n) is 18.3. The lowest BCUT2D eigenvalue weighted by molar-refractivity contribution is -0.0345. The van der Waals surface area contributed by atoms with Crippen LogP contribution in [0.1, 0.15) is 226 Å². The van der Waals surface area contributed by atoms with Crippen LogP contribution in [0.25, 0.3) is 0 Å². The molecule has 6 heteroatoms. The first kappa shape index (κ1) is 43.5. The quantitative estimate of drug-likeness (QED) is 0.0599. The Labute approximate surface area is 358 Å². The van der Waals surface area contributed by atoms with Crippen molar-refractivity contribution >= 4 is 12.4 Å². The van der Waals surface area contributed by atoms with Crippen molar-refractivity contribution in [1.82, 2.24) is 19.8 Å². The minimum Gasteiger partial charge on any atom is -0.297 e. The highest BCUT2D eigenvalue weighted by Gasteiger charge is 2.51. The number of hydrogen-bond acceptors (Lipinski definition) is 6. The number of rotatable bonds is 18. The summed E-state index contributed by atoms with van der Waals surface area (Å²) in [7, 11) is 0. The molecule has 0 aromatic heterocycles. The maximum atomic E-state index is 5.86. The summed E-state index contributed by atoms with van der Waals surface area (Å²) in [6.45, 7) is 9.76. The molecule has 0 amide bonds. The Kier molecular flexibility index (Phi) is 16.3. The molecule has 2 heterocycles. The van der Waals surface area contributed by atoms with Crippen molar-refractivity contribution in [3.63, 3.8) is 0 Å². The number of likely N-dealkylation sites (tertiary alicyclic amines) is 2. The van der Waals surface area contributed by atoms with Crippen LogP contribution in [0.5, 0.6) is 0 Å². The Bertz CT molecular complexity index is 1160. The van der Waals surface area contributed by atoms with Crippen LogP contribution in [-0.4, -0.2) is 87.8 Å². The van der Waals surface area contributed by atoms with Gasteiger partial charge in [0.25, 0.3) is 0 Å². The van der Waals surface area contributed by atoms with Gasteiger partial charge in [0, 0.05) is 48.7 Å². The predicted molar refractivity (Wildman–Crippen MR) is 246 cm³/mol. The molecule has 10 unspecified atom stereocenters. The predicted octanol–water partition coefficient (Wildman–Crippen LogP) is 13.1. The van der Waals surface area contributed by atoms with E-state index >= 15 is 0 Å². The fourth-order valence-electron chi connectivity index (χ4n) is 15.5. The van der Waals surface area contributed by atoms with Crippen LogP contribution in [-0.2, 0) is 0 Å². The fourth-order valence-corrected chi connectivity index (χ4v) is 15.5. The van der Waals surface area contributed by atoms with E-state index in [0.717, 1.165) is 47.8 Å². The van der Waals surface area contributed by atoms with Crippen LogP contribution in [0.4, 0.5) is 0 Å². The third kappa shape index (κ3) is 10.0. The summed E-state index contributed by atoms with van der Waals surface area (Å²) in [5.74, 6) is 4.97. The van der Waals surface area contributed by atoms with Gasteiger partial charge in [-0.15, -0.1) is 0 Å². The zero-order valence-corrected chi connectivity index (χ0v) is 38.4. The summed E-state index contributed by atoms with van der Waals surface area (Å²) in [6, 6.07) is 4.56. The standard InChI is InChI=1S/C52H92N6/c1-4-7-8-9-10-11-18-31-52(57(42-23-14-12-15-24-42)53-38-40-32-34-50-46(36-40)44-27-19-21-29-48(44)55(50)5-2)58(43-25-16-13-17-26-43)54-39-41-33-35-51-47(37-41)45-28-20-22-30-49(45)56(51)6-3/h38-52H,4-37H2,1-3H3/b53-38+,54-39+. The van der Waals surface area contributed by atoms with Gasteiger partial charge in [0.1, 0.15) is 6.17 Å². The first-order chi connectivity index (χ1) is 28.7. The van der Waals surface area contributed by atoms with Gasteiger partial charge in [0.15, 0.2) is 0 Å². The maximum absolute atomic E-state index is 5.86. The minimum absolute atomic E-state index is 0.302. The summed E-state index contributed by atoms with van der Waals surface area (Å²) in [4.78, 5) is 5.95. The van der Waals surface area contributed by atoms with E-state index in [9.17, 15) is 0 Å². The average molecular weight is 801 g/mol. The number of hydrazone groups is 2. The van der Waals surface area contributed by atoms with Crippen molar-refractivity contribution in [2.45, 2.75) is 269 Å². The lowest BCUT2D eigenvalue weighted by atomic mass is 9.70. The van der Waals surface area contributed by atoms with Crippen LogP contribution >= 0.6 is 0 Å². The van der Waals surface area contributed by atoms with E-state index in [1.165, 1.54) is 219 Å². The molecule has 0 N–H and O–H groups in total. The Morgan fingerprint density at radius 1 is 0.448 bits per heavy atom. The molecular weight excluding hydrogens is 709 g/mol. The highest BCUT2D eigenvalue weighted by atomic mass is 15.6. The van der Waals surface area contributed by atoms with Gasteiger partial charge in [-0.1, -0.05) is 124 Å². The molecule has 8 fully saturated rings. The molecule has 58 heavy (non-hydrogen) atoms. The number of unbranched alkanes of at least 4 members (excludes halogenated alkanes) is 6. The molecule has 330 valence electrons. The molecule has 0 spiro atoms. The molecule has 0 radical (unpaired) electrons. The topological polar surface area (TPSA) is 37.7 Å². The molecule has 2 aliphatic heterocycles. The van der Waals surface area contributed by atoms with Gasteiger partial charge in [-0.3, -0.25) is 19.8 Å². The maximum Gasteiger partial charge on any atom is 0.134 e. The van der Waals surface area contributed by atoms with Crippen molar-refractivity contribution in [3.8, 4) is 0 Å². The first-order valence-corrected chi connectivity index (χ1v) is 26.8. The molecule has 0 aromatic carbocycles. The molecular formula is C52H92N6. The van der Waals surface area contributed by atoms with Gasteiger partial charge in [-0.2, -0.15) is 10.2 Å². The monoisotopic (exact) mass is 801 g/mol. The highest BCUT2D eigenvalue weighted by molar-refractivity contribution is 5.61. The second-order valence-electron chi connectivity index (χ2n) is 21.6. The summed E-state index contributed by atoms with van der Waals surface area (Å²) in [5, 5.41) is 17.3. The molecule has 6 saturated carbocycles. The van der Waals surface area contributed by atoms with Gasteiger partial charge in [-0.05, 0) is 151 Å². The summed E-state index contributed by atoms with van der Waals surface area (Å²) in [5.41, 5.74) is 0. The first-order valence-electron chi connectivity index (χ1n) is 26.8. The number of fused-ring (bicyclic) bond motifs is 6. The highest BCUT2D eigenvalue weighted by Crippen LogP contribution is 2.51. The van der Waals surface area contributed by atoms with E-state index in [1.54, 1.807) is 0 Å². The lowest BCUT2D eigenvalue weighted by Crippen LogP contribution is -2.52. The smallest absolute Gasteiger partial charge is 0.134 e. The molecule has 10 atom stereocenters. The van der Waals surface area contributed by atoms with Crippen molar-refractivity contribution in [2.75, 3.05) is 13.1 Å². The Balaban J connectivity index is 1.04. The third-order valence-corrected chi connectivity index (χ3v) is 18.3. The van der Waals surface area contributed by atoms with E-state index in [1.807, 2.05) is 0 Å². The van der Waals surface area contributed by atoms with Crippen LogP contribution in [0.15, 0.2) is 10.2 Å². The van der Waals surface area contributed by atoms with E-state index in [2.05, 4.69) is 53.0 Å². The van der Waals surface area contributed by atoms with Crippen LogP contribution in [0, 0.1) is 35.5 Å². The molecule has 8 rings (SSSR count). The molecule has 0 aromatic rings. The zero-order valence-electron chi connectivity index (χ0n) is 38.4. The van der Waals surface area contributed by atoms with Gasteiger partial charge >= 0.3 is 0 Å². The van der Waals surface area contributed by atoms with Crippen molar-refractivity contribution in [2.24, 2.45) is 45.7 Å². The van der Waals surface area contributed by atoms with Crippen molar-refractivity contribution in [3.05, 3.63) is 0 Å². The van der Waals surface area contributed by atoms with E-state index in [0.29, 0.717) is 30.1 Å². The average Bonchev–Trinajstić information content (AvgIpc) is 3.77. The number of hydrogen-bond donors (Lipinski definition) is 0. The fraction of sp³-hybridized carbons (Fsp3) is 0.962. The Morgan fingerprint density at radius 3 is 1.33 bits per heavy atom. The van der Waals surface area contributed by atoms with Gasteiger partial charge in [-0.25, -0.2) is 0 Å².